The summed E-state index contributed by atoms with van der Waals surface area (Å²) >= 11 is 0. The molecule has 0 saturated carbocycles. The number of aliphatic hydroxyl groups excluding tert-OH is 4. The molecule has 2 aromatic carbocycles. The summed E-state index contributed by atoms with van der Waals surface area (Å²) in [4.78, 5) is 12.8. The molecule has 1 aromatic heterocycles. The van der Waals surface area contributed by atoms with Gasteiger partial charge >= 0.3 is 0 Å². The van der Waals surface area contributed by atoms with Crippen LogP contribution >= 0.6 is 0 Å². The van der Waals surface area contributed by atoms with E-state index in [0.717, 1.165) is 12.1 Å². The van der Waals surface area contributed by atoms with Crippen molar-refractivity contribution in [1.29, 1.82) is 0 Å². The van der Waals surface area contributed by atoms with E-state index in [0.29, 0.717) is 6.07 Å². The fraction of sp³-hybridized carbons (Fsp3) is 0.286. The number of fused-ring (bicyclic) bond motifs is 1. The van der Waals surface area contributed by atoms with Crippen LogP contribution in [0.15, 0.2) is 33.5 Å². The Hall–Kier alpha value is -3.75. The Morgan fingerprint density at radius 1 is 0.853 bits per heavy atom. The van der Waals surface area contributed by atoms with Gasteiger partial charge in [-0.1, -0.05) is 0 Å². The van der Waals surface area contributed by atoms with E-state index in [1.807, 2.05) is 0 Å². The molecule has 4 rings (SSSR count). The van der Waals surface area contributed by atoms with Crippen LogP contribution in [0.25, 0.3) is 22.3 Å². The van der Waals surface area contributed by atoms with Crippen molar-refractivity contribution in [1.82, 2.24) is 0 Å². The first-order chi connectivity index (χ1) is 16.0. The predicted octanol–water partition coefficient (Wildman–Crippen LogP) is -0.833. The number of rotatable bonds is 4. The van der Waals surface area contributed by atoms with Gasteiger partial charge in [-0.15, -0.1) is 0 Å². The van der Waals surface area contributed by atoms with Crippen molar-refractivity contribution in [2.24, 2.45) is 0 Å². The van der Waals surface area contributed by atoms with E-state index >= 15 is 0 Å². The third-order valence-corrected chi connectivity index (χ3v) is 5.38. The number of aliphatic hydroxyl groups is 4. The van der Waals surface area contributed by atoms with Crippen LogP contribution in [0.5, 0.6) is 34.5 Å². The van der Waals surface area contributed by atoms with E-state index in [1.54, 1.807) is 0 Å². The second kappa shape index (κ2) is 8.55. The highest BCUT2D eigenvalue weighted by Crippen LogP contribution is 2.44. The zero-order valence-electron chi connectivity index (χ0n) is 17.1. The normalized spacial score (nSPS) is 24.9. The van der Waals surface area contributed by atoms with Gasteiger partial charge in [0.15, 0.2) is 28.6 Å². The van der Waals surface area contributed by atoms with Gasteiger partial charge in [-0.05, 0) is 18.2 Å². The van der Waals surface area contributed by atoms with Crippen molar-refractivity contribution in [3.8, 4) is 45.8 Å². The summed E-state index contributed by atoms with van der Waals surface area (Å²) in [6.45, 7) is -0.759. The molecule has 0 unspecified atom stereocenters. The highest BCUT2D eigenvalue weighted by atomic mass is 16.7. The minimum Gasteiger partial charge on any atom is -0.507 e. The molecule has 1 fully saturated rings. The molecule has 182 valence electrons. The lowest BCUT2D eigenvalue weighted by Gasteiger charge is -2.39. The smallest absolute Gasteiger partial charge is 0.238 e. The highest BCUT2D eigenvalue weighted by Gasteiger charge is 2.45. The average Bonchev–Trinajstić information content (AvgIpc) is 2.80. The van der Waals surface area contributed by atoms with Crippen LogP contribution in [-0.4, -0.2) is 83.3 Å². The molecular formula is C21H20O13. The number of aromatic hydroxyl groups is 5. The van der Waals surface area contributed by atoms with Gasteiger partial charge in [0, 0.05) is 11.6 Å². The molecule has 0 bridgehead atoms. The summed E-state index contributed by atoms with van der Waals surface area (Å²) in [5, 5.41) is 89.0. The van der Waals surface area contributed by atoms with E-state index in [4.69, 9.17) is 13.9 Å². The van der Waals surface area contributed by atoms with Crippen molar-refractivity contribution in [2.45, 2.75) is 30.7 Å². The molecule has 1 aliphatic heterocycles. The molecule has 1 saturated heterocycles. The lowest BCUT2D eigenvalue weighted by atomic mass is 9.99. The molecule has 9 N–H and O–H groups in total. The molecule has 34 heavy (non-hydrogen) atoms. The SMILES string of the molecule is O=c1c(O)c(-c2ccc(O)c(O)c2)oc2c(O[C@@H]3O[C@H](CO)[C@@H](O)[C@@H](O)[C@H]3O)c(O)cc(O)c12. The molecule has 13 heteroatoms. The second-order valence-electron chi connectivity index (χ2n) is 7.58. The van der Waals surface area contributed by atoms with E-state index in [9.17, 15) is 50.8 Å². The van der Waals surface area contributed by atoms with Gasteiger partial charge in [-0.3, -0.25) is 4.79 Å². The summed E-state index contributed by atoms with van der Waals surface area (Å²) in [6, 6.07) is 3.92. The zero-order chi connectivity index (χ0) is 24.9. The number of hydrogen-bond donors (Lipinski definition) is 9. The standard InChI is InChI=1S/C21H20O13/c22-5-11-13(27)15(29)17(31)21(32-11)34-19-10(26)4-9(25)12-14(28)16(30)18(33-20(12)19)6-1-2-7(23)8(24)3-6/h1-4,11,13,15,17,21-27,29-31H,5H2/t11-,13-,15-,17-,21+/m1/s1. The molecule has 13 nitrogen and oxygen atoms in total. The third kappa shape index (κ3) is 3.70. The lowest BCUT2D eigenvalue weighted by Crippen LogP contribution is -2.60. The summed E-state index contributed by atoms with van der Waals surface area (Å²) in [7, 11) is 0. The Kier molecular flexibility index (Phi) is 5.89. The van der Waals surface area contributed by atoms with E-state index < -0.39 is 94.0 Å². The van der Waals surface area contributed by atoms with Crippen molar-refractivity contribution < 1.29 is 59.8 Å². The maximum Gasteiger partial charge on any atom is 0.238 e. The van der Waals surface area contributed by atoms with Gasteiger partial charge < -0.3 is 59.8 Å². The predicted molar refractivity (Wildman–Crippen MR) is 111 cm³/mol. The number of benzene rings is 2. The molecule has 0 radical (unpaired) electrons. The Labute approximate surface area is 189 Å². The van der Waals surface area contributed by atoms with Gasteiger partial charge in [0.05, 0.1) is 6.61 Å². The van der Waals surface area contributed by atoms with Crippen LogP contribution in [0.4, 0.5) is 0 Å². The first kappa shape index (κ1) is 23.4. The van der Waals surface area contributed by atoms with E-state index in [1.165, 1.54) is 6.07 Å². The van der Waals surface area contributed by atoms with Crippen LogP contribution in [0.1, 0.15) is 0 Å². The molecule has 0 aliphatic carbocycles. The van der Waals surface area contributed by atoms with E-state index in [-0.39, 0.29) is 5.56 Å². The Morgan fingerprint density at radius 2 is 1.56 bits per heavy atom. The molecule has 3 aromatic rings. The van der Waals surface area contributed by atoms with Crippen LogP contribution in [0.2, 0.25) is 0 Å². The topological polar surface area (TPSA) is 231 Å². The zero-order valence-corrected chi connectivity index (χ0v) is 17.1. The van der Waals surface area contributed by atoms with Crippen LogP contribution in [0.3, 0.4) is 0 Å². The first-order valence-corrected chi connectivity index (χ1v) is 9.79. The summed E-state index contributed by atoms with van der Waals surface area (Å²) in [5.41, 5.74) is -1.84. The first-order valence-electron chi connectivity index (χ1n) is 9.79. The molecule has 0 amide bonds. The van der Waals surface area contributed by atoms with Crippen molar-refractivity contribution in [2.75, 3.05) is 6.61 Å². The van der Waals surface area contributed by atoms with Gasteiger partial charge in [-0.2, -0.15) is 0 Å². The van der Waals surface area contributed by atoms with Gasteiger partial charge in [0.25, 0.3) is 0 Å². The minimum absolute atomic E-state index is 0.0755. The fourth-order valence-corrected chi connectivity index (χ4v) is 3.56. The maximum absolute atomic E-state index is 12.8. The molecule has 1 aliphatic rings. The highest BCUT2D eigenvalue weighted by molar-refractivity contribution is 5.93. The quantitative estimate of drug-likeness (QED) is 0.208. The van der Waals surface area contributed by atoms with Crippen molar-refractivity contribution >= 4 is 11.0 Å². The number of phenolic OH excluding ortho intramolecular Hbond substituents is 4. The minimum atomic E-state index is -1.88. The van der Waals surface area contributed by atoms with Gasteiger partial charge in [-0.25, -0.2) is 0 Å². The Bertz CT molecular complexity index is 1300. The second-order valence-corrected chi connectivity index (χ2v) is 7.58. The number of phenols is 4. The lowest BCUT2D eigenvalue weighted by molar-refractivity contribution is -0.277. The summed E-state index contributed by atoms with van der Waals surface area (Å²) < 4.78 is 16.2. The molecular weight excluding hydrogens is 460 g/mol. The fourth-order valence-electron chi connectivity index (χ4n) is 3.56. The van der Waals surface area contributed by atoms with Crippen molar-refractivity contribution in [3.63, 3.8) is 0 Å². The summed E-state index contributed by atoms with van der Waals surface area (Å²) in [5.74, 6) is -4.84. The van der Waals surface area contributed by atoms with Crippen LogP contribution in [0, 0.1) is 0 Å². The van der Waals surface area contributed by atoms with Crippen LogP contribution in [-0.2, 0) is 4.74 Å². The summed E-state index contributed by atoms with van der Waals surface area (Å²) in [6.07, 6.45) is -8.50. The number of ether oxygens (including phenoxy) is 2. The largest absolute Gasteiger partial charge is 0.507 e. The van der Waals surface area contributed by atoms with Gasteiger partial charge in [0.1, 0.15) is 35.6 Å². The molecule has 2 heterocycles. The Morgan fingerprint density at radius 3 is 2.21 bits per heavy atom. The third-order valence-electron chi connectivity index (χ3n) is 5.38. The molecule has 0 spiro atoms. The number of hydrogen-bond acceptors (Lipinski definition) is 13. The monoisotopic (exact) mass is 480 g/mol. The average molecular weight is 480 g/mol. The van der Waals surface area contributed by atoms with Crippen molar-refractivity contribution in [3.05, 3.63) is 34.5 Å². The van der Waals surface area contributed by atoms with Gasteiger partial charge in [0.2, 0.25) is 23.2 Å². The van der Waals surface area contributed by atoms with Crippen LogP contribution < -0.4 is 10.2 Å². The Balaban J connectivity index is 1.89. The maximum atomic E-state index is 12.8. The van der Waals surface area contributed by atoms with E-state index in [2.05, 4.69) is 0 Å². The molecule has 5 atom stereocenters.